The number of benzene rings is 1. The van der Waals surface area contributed by atoms with Gasteiger partial charge in [0.05, 0.1) is 5.92 Å². The molecule has 2 aromatic rings. The summed E-state index contributed by atoms with van der Waals surface area (Å²) in [5.41, 5.74) is 0. The Morgan fingerprint density at radius 2 is 2.18 bits per heavy atom. The first kappa shape index (κ1) is 11.4. The zero-order valence-corrected chi connectivity index (χ0v) is 9.55. The lowest BCUT2D eigenvalue weighted by Gasteiger charge is -2.10. The van der Waals surface area contributed by atoms with E-state index in [1.165, 1.54) is 0 Å². The third-order valence-corrected chi connectivity index (χ3v) is 2.67. The smallest absolute Gasteiger partial charge is 0.308 e. The van der Waals surface area contributed by atoms with Crippen LogP contribution in [0.3, 0.4) is 0 Å². The third kappa shape index (κ3) is 2.53. The molecule has 4 heteroatoms. The molecule has 0 fully saturated rings. The highest BCUT2D eigenvalue weighted by Gasteiger charge is 2.11. The molecule has 0 saturated carbocycles. The summed E-state index contributed by atoms with van der Waals surface area (Å²) in [5.74, 6) is -0.510. The van der Waals surface area contributed by atoms with Crippen LogP contribution in [0.5, 0.6) is 0 Å². The number of hydrogen-bond donors (Lipinski definition) is 2. The maximum atomic E-state index is 10.7. The van der Waals surface area contributed by atoms with Crippen molar-refractivity contribution in [2.45, 2.75) is 6.92 Å². The summed E-state index contributed by atoms with van der Waals surface area (Å²) in [6, 6.07) is 9.81. The lowest BCUT2D eigenvalue weighted by atomic mass is 10.1. The molecule has 4 nitrogen and oxygen atoms in total. The van der Waals surface area contributed by atoms with Crippen molar-refractivity contribution in [3.63, 3.8) is 0 Å². The molecule has 0 bridgehead atoms. The number of aromatic nitrogens is 1. The van der Waals surface area contributed by atoms with Crippen molar-refractivity contribution in [3.8, 4) is 0 Å². The topological polar surface area (TPSA) is 62.2 Å². The Labute approximate surface area is 99.3 Å². The summed E-state index contributed by atoms with van der Waals surface area (Å²) in [6.45, 7) is 2.04. The summed E-state index contributed by atoms with van der Waals surface area (Å²) >= 11 is 0. The molecular weight excluding hydrogens is 216 g/mol. The molecule has 0 aliphatic rings. The molecule has 1 heterocycles. The highest BCUT2D eigenvalue weighted by atomic mass is 16.4. The average Bonchev–Trinajstić information content (AvgIpc) is 2.35. The van der Waals surface area contributed by atoms with E-state index in [1.54, 1.807) is 13.1 Å². The van der Waals surface area contributed by atoms with E-state index in [0.717, 1.165) is 16.6 Å². The molecule has 0 radical (unpaired) electrons. The quantitative estimate of drug-likeness (QED) is 0.846. The number of carboxylic acid groups (broad SMARTS) is 1. The van der Waals surface area contributed by atoms with Crippen molar-refractivity contribution < 1.29 is 9.90 Å². The minimum absolute atomic E-state index is 0.371. The van der Waals surface area contributed by atoms with Gasteiger partial charge in [-0.1, -0.05) is 31.2 Å². The van der Waals surface area contributed by atoms with Crippen molar-refractivity contribution in [1.82, 2.24) is 4.98 Å². The van der Waals surface area contributed by atoms with Gasteiger partial charge in [0.25, 0.3) is 0 Å². The number of carbonyl (C=O) groups is 1. The van der Waals surface area contributed by atoms with E-state index in [2.05, 4.69) is 10.3 Å². The second-order valence-corrected chi connectivity index (χ2v) is 4.00. The fourth-order valence-corrected chi connectivity index (χ4v) is 1.60. The van der Waals surface area contributed by atoms with Gasteiger partial charge in [0.15, 0.2) is 0 Å². The van der Waals surface area contributed by atoms with Gasteiger partial charge in [-0.25, -0.2) is 4.98 Å². The number of aliphatic carboxylic acids is 1. The van der Waals surface area contributed by atoms with Crippen LogP contribution in [0.2, 0.25) is 0 Å². The SMILES string of the molecule is CC(CNc1nccc2ccccc12)C(=O)O. The van der Waals surface area contributed by atoms with Crippen molar-refractivity contribution in [3.05, 3.63) is 36.5 Å². The number of rotatable bonds is 4. The number of pyridine rings is 1. The van der Waals surface area contributed by atoms with E-state index >= 15 is 0 Å². The molecule has 1 aromatic carbocycles. The number of nitrogens with one attached hydrogen (secondary N) is 1. The van der Waals surface area contributed by atoms with Gasteiger partial charge in [-0.3, -0.25) is 4.79 Å². The van der Waals surface area contributed by atoms with Crippen LogP contribution < -0.4 is 5.32 Å². The summed E-state index contributed by atoms with van der Waals surface area (Å²) in [4.78, 5) is 15.0. The van der Waals surface area contributed by atoms with E-state index in [-0.39, 0.29) is 0 Å². The van der Waals surface area contributed by atoms with Crippen LogP contribution in [0.15, 0.2) is 36.5 Å². The largest absolute Gasteiger partial charge is 0.481 e. The zero-order chi connectivity index (χ0) is 12.3. The van der Waals surface area contributed by atoms with E-state index in [9.17, 15) is 4.79 Å². The Morgan fingerprint density at radius 1 is 1.41 bits per heavy atom. The van der Waals surface area contributed by atoms with Crippen molar-refractivity contribution in [2.24, 2.45) is 5.92 Å². The van der Waals surface area contributed by atoms with Gasteiger partial charge in [-0.05, 0) is 11.5 Å². The van der Waals surface area contributed by atoms with Crippen LogP contribution in [0.1, 0.15) is 6.92 Å². The minimum Gasteiger partial charge on any atom is -0.481 e. The molecular formula is C13H14N2O2. The van der Waals surface area contributed by atoms with Gasteiger partial charge >= 0.3 is 5.97 Å². The first-order chi connectivity index (χ1) is 8.18. The highest BCUT2D eigenvalue weighted by molar-refractivity contribution is 5.91. The minimum atomic E-state index is -0.808. The van der Waals surface area contributed by atoms with Crippen LogP contribution in [0.4, 0.5) is 5.82 Å². The molecule has 0 saturated heterocycles. The van der Waals surface area contributed by atoms with Crippen LogP contribution in [0.25, 0.3) is 10.8 Å². The van der Waals surface area contributed by atoms with Crippen molar-refractivity contribution in [1.29, 1.82) is 0 Å². The van der Waals surface area contributed by atoms with E-state index in [4.69, 9.17) is 5.11 Å². The van der Waals surface area contributed by atoms with Crippen LogP contribution in [0, 0.1) is 5.92 Å². The fourth-order valence-electron chi connectivity index (χ4n) is 1.60. The van der Waals surface area contributed by atoms with Gasteiger partial charge in [-0.2, -0.15) is 0 Å². The number of nitrogens with zero attached hydrogens (tertiary/aromatic N) is 1. The van der Waals surface area contributed by atoms with Gasteiger partial charge in [0.1, 0.15) is 5.82 Å². The van der Waals surface area contributed by atoms with Gasteiger partial charge in [0.2, 0.25) is 0 Å². The predicted octanol–water partition coefficient (Wildman–Crippen LogP) is 2.37. The molecule has 2 N–H and O–H groups in total. The lowest BCUT2D eigenvalue weighted by Crippen LogP contribution is -2.20. The summed E-state index contributed by atoms with van der Waals surface area (Å²) in [5, 5.41) is 14.0. The molecule has 2 rings (SSSR count). The Morgan fingerprint density at radius 3 is 2.94 bits per heavy atom. The van der Waals surface area contributed by atoms with Gasteiger partial charge < -0.3 is 10.4 Å². The van der Waals surface area contributed by atoms with E-state index < -0.39 is 11.9 Å². The summed E-state index contributed by atoms with van der Waals surface area (Å²) in [7, 11) is 0. The van der Waals surface area contributed by atoms with Crippen LogP contribution >= 0.6 is 0 Å². The molecule has 0 amide bonds. The van der Waals surface area contributed by atoms with Crippen molar-refractivity contribution in [2.75, 3.05) is 11.9 Å². The Balaban J connectivity index is 2.21. The first-order valence-corrected chi connectivity index (χ1v) is 5.49. The second-order valence-electron chi connectivity index (χ2n) is 4.00. The lowest BCUT2D eigenvalue weighted by molar-refractivity contribution is -0.140. The fraction of sp³-hybridized carbons (Fsp3) is 0.231. The van der Waals surface area contributed by atoms with E-state index in [1.807, 2.05) is 30.3 Å². The predicted molar refractivity (Wildman–Crippen MR) is 67.0 cm³/mol. The zero-order valence-electron chi connectivity index (χ0n) is 9.55. The maximum Gasteiger partial charge on any atom is 0.308 e. The molecule has 1 atom stereocenters. The number of anilines is 1. The Hall–Kier alpha value is -2.10. The molecule has 88 valence electrons. The third-order valence-electron chi connectivity index (χ3n) is 2.67. The standard InChI is InChI=1S/C13H14N2O2/c1-9(13(16)17)8-15-12-11-5-3-2-4-10(11)6-7-14-12/h2-7,9H,8H2,1H3,(H,14,15)(H,16,17). The molecule has 1 unspecified atom stereocenters. The Kier molecular flexibility index (Phi) is 3.23. The second kappa shape index (κ2) is 4.82. The van der Waals surface area contributed by atoms with Crippen molar-refractivity contribution >= 4 is 22.6 Å². The summed E-state index contributed by atoms with van der Waals surface area (Å²) in [6.07, 6.45) is 1.72. The average molecular weight is 230 g/mol. The normalized spacial score (nSPS) is 12.3. The number of fused-ring (bicyclic) bond motifs is 1. The highest BCUT2D eigenvalue weighted by Crippen LogP contribution is 2.20. The van der Waals surface area contributed by atoms with Gasteiger partial charge in [0, 0.05) is 18.1 Å². The molecule has 1 aromatic heterocycles. The van der Waals surface area contributed by atoms with Crippen LogP contribution in [-0.4, -0.2) is 22.6 Å². The molecule has 0 spiro atoms. The Bertz CT molecular complexity index is 534. The first-order valence-electron chi connectivity index (χ1n) is 5.49. The molecule has 0 aliphatic carbocycles. The van der Waals surface area contributed by atoms with E-state index in [0.29, 0.717) is 6.54 Å². The van der Waals surface area contributed by atoms with Crippen LogP contribution in [-0.2, 0) is 4.79 Å². The summed E-state index contributed by atoms with van der Waals surface area (Å²) < 4.78 is 0. The molecule has 17 heavy (non-hydrogen) atoms. The molecule has 0 aliphatic heterocycles. The monoisotopic (exact) mass is 230 g/mol. The maximum absolute atomic E-state index is 10.7. The van der Waals surface area contributed by atoms with Gasteiger partial charge in [-0.15, -0.1) is 0 Å². The number of hydrogen-bond acceptors (Lipinski definition) is 3. The number of carboxylic acids is 1.